The summed E-state index contributed by atoms with van der Waals surface area (Å²) in [5.41, 5.74) is 0.955. The fraction of sp³-hybridized carbons (Fsp3) is 0.345. The fourth-order valence-electron chi connectivity index (χ4n) is 3.50. The third-order valence-electron chi connectivity index (χ3n) is 5.53. The van der Waals surface area contributed by atoms with Crippen LogP contribution in [0, 0.1) is 11.6 Å². The van der Waals surface area contributed by atoms with E-state index in [0.29, 0.717) is 35.8 Å². The van der Waals surface area contributed by atoms with E-state index in [2.05, 4.69) is 13.8 Å². The smallest absolute Gasteiger partial charge is 0.343 e. The van der Waals surface area contributed by atoms with Gasteiger partial charge < -0.3 is 14.2 Å². The molecule has 0 spiro atoms. The lowest BCUT2D eigenvalue weighted by atomic mass is 10.0. The summed E-state index contributed by atoms with van der Waals surface area (Å²) >= 11 is 0. The molecule has 0 saturated heterocycles. The van der Waals surface area contributed by atoms with Gasteiger partial charge in [-0.1, -0.05) is 51.7 Å². The first kappa shape index (κ1) is 26.2. The molecule has 3 rings (SSSR count). The highest BCUT2D eigenvalue weighted by Gasteiger charge is 2.16. The van der Waals surface area contributed by atoms with Gasteiger partial charge in [0.1, 0.15) is 11.5 Å². The second kappa shape index (κ2) is 13.5. The van der Waals surface area contributed by atoms with Crippen LogP contribution in [0.5, 0.6) is 17.2 Å². The average Bonchev–Trinajstić information content (AvgIpc) is 2.88. The Balaban J connectivity index is 1.60. The summed E-state index contributed by atoms with van der Waals surface area (Å²) < 4.78 is 45.5. The van der Waals surface area contributed by atoms with Crippen molar-refractivity contribution in [1.29, 1.82) is 0 Å². The van der Waals surface area contributed by atoms with Gasteiger partial charge in [-0.25, -0.2) is 9.18 Å². The SMILES string of the molecule is CCCCCOc1ccc(C(=O)Oc2ccc(-c3ccc(OCCCCC)c(F)c3F)cc2)cc1. The normalized spacial score (nSPS) is 10.7. The number of carbonyl (C=O) groups is 1. The highest BCUT2D eigenvalue weighted by atomic mass is 19.2. The van der Waals surface area contributed by atoms with E-state index >= 15 is 0 Å². The van der Waals surface area contributed by atoms with E-state index in [1.54, 1.807) is 48.5 Å². The van der Waals surface area contributed by atoms with Crippen LogP contribution in [0.15, 0.2) is 60.7 Å². The zero-order chi connectivity index (χ0) is 25.0. The monoisotopic (exact) mass is 482 g/mol. The maximum absolute atomic E-state index is 14.7. The van der Waals surface area contributed by atoms with Crippen LogP contribution < -0.4 is 14.2 Å². The van der Waals surface area contributed by atoms with Crippen LogP contribution >= 0.6 is 0 Å². The maximum Gasteiger partial charge on any atom is 0.343 e. The lowest BCUT2D eigenvalue weighted by Crippen LogP contribution is -2.08. The molecule has 186 valence electrons. The highest BCUT2D eigenvalue weighted by molar-refractivity contribution is 5.91. The van der Waals surface area contributed by atoms with Gasteiger partial charge in [-0.2, -0.15) is 4.39 Å². The van der Waals surface area contributed by atoms with Gasteiger partial charge in [-0.05, 0) is 66.9 Å². The van der Waals surface area contributed by atoms with Crippen LogP contribution in [0.25, 0.3) is 11.1 Å². The van der Waals surface area contributed by atoms with Crippen LogP contribution in [0.4, 0.5) is 8.78 Å². The summed E-state index contributed by atoms with van der Waals surface area (Å²) in [6, 6.07) is 15.9. The number of esters is 1. The topological polar surface area (TPSA) is 44.8 Å². The Morgan fingerprint density at radius 2 is 1.29 bits per heavy atom. The van der Waals surface area contributed by atoms with Gasteiger partial charge >= 0.3 is 5.97 Å². The number of carbonyl (C=O) groups excluding carboxylic acids is 1. The van der Waals surface area contributed by atoms with Crippen molar-refractivity contribution in [3.8, 4) is 28.4 Å². The minimum Gasteiger partial charge on any atom is -0.494 e. The average molecular weight is 483 g/mol. The molecule has 3 aromatic rings. The Bertz CT molecular complexity index is 1080. The Morgan fingerprint density at radius 1 is 0.686 bits per heavy atom. The Labute approximate surface area is 205 Å². The standard InChI is InChI=1S/C29H32F2O4/c1-3-5-7-19-33-23-13-11-22(12-14-23)29(32)35-24-15-9-21(10-16-24)25-17-18-26(28(31)27(25)30)34-20-8-6-4-2/h9-18H,3-8,19-20H2,1-2H3. The summed E-state index contributed by atoms with van der Waals surface area (Å²) in [6.45, 7) is 5.18. The molecule has 0 heterocycles. The molecular formula is C29H32F2O4. The summed E-state index contributed by atoms with van der Waals surface area (Å²) in [6.07, 6.45) is 6.01. The summed E-state index contributed by atoms with van der Waals surface area (Å²) in [5, 5.41) is 0. The number of halogens is 2. The van der Waals surface area contributed by atoms with E-state index in [4.69, 9.17) is 14.2 Å². The Hall–Kier alpha value is -3.41. The van der Waals surface area contributed by atoms with Gasteiger partial charge in [0.15, 0.2) is 11.6 Å². The molecule has 0 bridgehead atoms. The quantitative estimate of drug-likeness (QED) is 0.141. The Morgan fingerprint density at radius 3 is 1.91 bits per heavy atom. The van der Waals surface area contributed by atoms with E-state index in [1.807, 2.05) is 0 Å². The van der Waals surface area contributed by atoms with Crippen LogP contribution in [0.3, 0.4) is 0 Å². The molecule has 0 aromatic heterocycles. The zero-order valence-electron chi connectivity index (χ0n) is 20.3. The molecule has 0 aliphatic carbocycles. The minimum atomic E-state index is -1.01. The van der Waals surface area contributed by atoms with E-state index in [9.17, 15) is 13.6 Å². The molecule has 0 N–H and O–H groups in total. The molecule has 0 atom stereocenters. The molecule has 0 aliphatic rings. The van der Waals surface area contributed by atoms with Crippen LogP contribution in [0.1, 0.15) is 62.7 Å². The van der Waals surface area contributed by atoms with Crippen molar-refractivity contribution in [1.82, 2.24) is 0 Å². The first-order chi connectivity index (χ1) is 17.0. The molecule has 0 saturated carbocycles. The Kier molecular flexibility index (Phi) is 10.1. The van der Waals surface area contributed by atoms with Gasteiger partial charge in [0.05, 0.1) is 18.8 Å². The van der Waals surface area contributed by atoms with Crippen LogP contribution in [0.2, 0.25) is 0 Å². The van der Waals surface area contributed by atoms with Crippen LogP contribution in [-0.4, -0.2) is 19.2 Å². The fourth-order valence-corrected chi connectivity index (χ4v) is 3.50. The predicted molar refractivity (Wildman–Crippen MR) is 133 cm³/mol. The highest BCUT2D eigenvalue weighted by Crippen LogP contribution is 2.31. The van der Waals surface area contributed by atoms with Crippen molar-refractivity contribution in [2.24, 2.45) is 0 Å². The van der Waals surface area contributed by atoms with Crippen LogP contribution in [-0.2, 0) is 0 Å². The largest absolute Gasteiger partial charge is 0.494 e. The number of benzene rings is 3. The summed E-state index contributed by atoms with van der Waals surface area (Å²) in [5.74, 6) is -1.58. The predicted octanol–water partition coefficient (Wildman–Crippen LogP) is 7.99. The molecular weight excluding hydrogens is 450 g/mol. The van der Waals surface area contributed by atoms with Crippen molar-refractivity contribution in [3.63, 3.8) is 0 Å². The first-order valence-electron chi connectivity index (χ1n) is 12.2. The molecule has 0 amide bonds. The van der Waals surface area contributed by atoms with E-state index in [-0.39, 0.29) is 11.3 Å². The van der Waals surface area contributed by atoms with Gasteiger partial charge in [0.2, 0.25) is 5.82 Å². The summed E-state index contributed by atoms with van der Waals surface area (Å²) in [7, 11) is 0. The third-order valence-corrected chi connectivity index (χ3v) is 5.53. The molecule has 4 nitrogen and oxygen atoms in total. The molecule has 35 heavy (non-hydrogen) atoms. The van der Waals surface area contributed by atoms with E-state index in [1.165, 1.54) is 12.1 Å². The summed E-state index contributed by atoms with van der Waals surface area (Å²) in [4.78, 5) is 12.5. The number of rotatable bonds is 13. The van der Waals surface area contributed by atoms with Crippen molar-refractivity contribution < 1.29 is 27.8 Å². The first-order valence-corrected chi connectivity index (χ1v) is 12.2. The molecule has 0 fully saturated rings. The zero-order valence-corrected chi connectivity index (χ0v) is 20.3. The number of unbranched alkanes of at least 4 members (excludes halogenated alkanes) is 4. The van der Waals surface area contributed by atoms with Gasteiger partial charge in [0, 0.05) is 5.56 Å². The molecule has 0 unspecified atom stereocenters. The molecule has 6 heteroatoms. The second-order valence-corrected chi connectivity index (χ2v) is 8.29. The molecule has 3 aromatic carbocycles. The van der Waals surface area contributed by atoms with Gasteiger partial charge in [0.25, 0.3) is 0 Å². The molecule has 0 aliphatic heterocycles. The maximum atomic E-state index is 14.7. The van der Waals surface area contributed by atoms with Crippen molar-refractivity contribution in [2.75, 3.05) is 13.2 Å². The number of ether oxygens (including phenoxy) is 3. The third kappa shape index (κ3) is 7.54. The molecule has 0 radical (unpaired) electrons. The van der Waals surface area contributed by atoms with Gasteiger partial charge in [-0.3, -0.25) is 0 Å². The van der Waals surface area contributed by atoms with Crippen molar-refractivity contribution >= 4 is 5.97 Å². The number of hydrogen-bond acceptors (Lipinski definition) is 4. The lowest BCUT2D eigenvalue weighted by molar-refractivity contribution is 0.0734. The minimum absolute atomic E-state index is 0.0923. The van der Waals surface area contributed by atoms with Crippen molar-refractivity contribution in [3.05, 3.63) is 77.9 Å². The lowest BCUT2D eigenvalue weighted by Gasteiger charge is -2.11. The number of hydrogen-bond donors (Lipinski definition) is 0. The van der Waals surface area contributed by atoms with E-state index in [0.717, 1.165) is 38.5 Å². The van der Waals surface area contributed by atoms with Crippen molar-refractivity contribution in [2.45, 2.75) is 52.4 Å². The van der Waals surface area contributed by atoms with E-state index < -0.39 is 17.6 Å². The second-order valence-electron chi connectivity index (χ2n) is 8.29. The van der Waals surface area contributed by atoms with Gasteiger partial charge in [-0.15, -0.1) is 0 Å².